The Balaban J connectivity index is 3.56. The van der Waals surface area contributed by atoms with Crippen molar-refractivity contribution in [3.8, 4) is 0 Å². The van der Waals surface area contributed by atoms with E-state index in [1.54, 1.807) is 6.92 Å². The molecule has 0 radical (unpaired) electrons. The molecule has 0 amide bonds. The quantitative estimate of drug-likeness (QED) is 0.265. The van der Waals surface area contributed by atoms with E-state index in [1.807, 2.05) is 0 Å². The topological polar surface area (TPSA) is 102 Å². The molecular formula is C8H18O7S. The second kappa shape index (κ2) is 8.85. The molecule has 2 N–H and O–H groups in total. The molecule has 0 aliphatic rings. The molecule has 0 rings (SSSR count). The molecule has 0 saturated heterocycles. The van der Waals surface area contributed by atoms with Crippen LogP contribution in [-0.4, -0.2) is 30.9 Å². The minimum atomic E-state index is -4.36. The van der Waals surface area contributed by atoms with E-state index in [0.717, 1.165) is 12.8 Å². The zero-order chi connectivity index (χ0) is 12.4. The van der Waals surface area contributed by atoms with Gasteiger partial charge in [-0.3, -0.25) is 4.55 Å². The number of rotatable bonds is 10. The minimum absolute atomic E-state index is 0.270. The maximum Gasteiger partial charge on any atom is 0.397 e. The van der Waals surface area contributed by atoms with Gasteiger partial charge in [0.25, 0.3) is 0 Å². The van der Waals surface area contributed by atoms with Gasteiger partial charge < -0.3 is 0 Å². The average molecular weight is 258 g/mol. The van der Waals surface area contributed by atoms with E-state index < -0.39 is 16.5 Å². The van der Waals surface area contributed by atoms with Crippen LogP contribution >= 0.6 is 0 Å². The second-order valence-electron chi connectivity index (χ2n) is 3.30. The molecule has 0 aliphatic carbocycles. The lowest BCUT2D eigenvalue weighted by atomic mass is 10.1. The summed E-state index contributed by atoms with van der Waals surface area (Å²) in [6, 6.07) is 0. The molecule has 16 heavy (non-hydrogen) atoms. The molecule has 7 nitrogen and oxygen atoms in total. The third kappa shape index (κ3) is 10.3. The van der Waals surface area contributed by atoms with Crippen LogP contribution < -0.4 is 0 Å². The monoisotopic (exact) mass is 258 g/mol. The maximum atomic E-state index is 10.4. The summed E-state index contributed by atoms with van der Waals surface area (Å²) in [6.45, 7) is 2.05. The minimum Gasteiger partial charge on any atom is -0.264 e. The Morgan fingerprint density at radius 2 is 1.94 bits per heavy atom. The molecule has 0 bridgehead atoms. The van der Waals surface area contributed by atoms with E-state index in [9.17, 15) is 8.42 Å². The highest BCUT2D eigenvalue weighted by atomic mass is 32.3. The van der Waals surface area contributed by atoms with E-state index in [4.69, 9.17) is 9.81 Å². The van der Waals surface area contributed by atoms with Crippen LogP contribution in [0.5, 0.6) is 0 Å². The van der Waals surface area contributed by atoms with Crippen LogP contribution in [0.3, 0.4) is 0 Å². The fraction of sp³-hybridized carbons (Fsp3) is 1.00. The van der Waals surface area contributed by atoms with Crippen molar-refractivity contribution in [1.29, 1.82) is 0 Å². The fourth-order valence-electron chi connectivity index (χ4n) is 1.24. The van der Waals surface area contributed by atoms with Crippen LogP contribution in [0.1, 0.15) is 39.0 Å². The Labute approximate surface area is 95.1 Å². The summed E-state index contributed by atoms with van der Waals surface area (Å²) >= 11 is 0. The summed E-state index contributed by atoms with van der Waals surface area (Å²) < 4.78 is 33.8. The van der Waals surface area contributed by atoms with Gasteiger partial charge >= 0.3 is 10.4 Å². The molecule has 0 aromatic carbocycles. The van der Waals surface area contributed by atoms with Crippen molar-refractivity contribution in [2.75, 3.05) is 6.61 Å². The smallest absolute Gasteiger partial charge is 0.264 e. The largest absolute Gasteiger partial charge is 0.397 e. The summed E-state index contributed by atoms with van der Waals surface area (Å²) in [5.41, 5.74) is 0. The van der Waals surface area contributed by atoms with Crippen LogP contribution in [0.2, 0.25) is 0 Å². The highest BCUT2D eigenvalue weighted by molar-refractivity contribution is 7.80. The summed E-state index contributed by atoms with van der Waals surface area (Å²) in [7, 11) is -4.36. The van der Waals surface area contributed by atoms with E-state index in [-0.39, 0.29) is 6.61 Å². The zero-order valence-electron chi connectivity index (χ0n) is 9.16. The summed E-state index contributed by atoms with van der Waals surface area (Å²) in [6.07, 6.45) is 2.76. The highest BCUT2D eigenvalue weighted by Gasteiger charge is 2.14. The third-order valence-corrected chi connectivity index (χ3v) is 2.53. The van der Waals surface area contributed by atoms with Crippen LogP contribution in [-0.2, 0) is 24.5 Å². The average Bonchev–Trinajstić information content (AvgIpc) is 2.19. The van der Waals surface area contributed by atoms with Gasteiger partial charge in [-0.2, -0.15) is 8.42 Å². The second-order valence-corrected chi connectivity index (χ2v) is 4.35. The molecule has 0 aromatic heterocycles. The highest BCUT2D eigenvalue weighted by Crippen LogP contribution is 2.12. The van der Waals surface area contributed by atoms with Gasteiger partial charge in [0.15, 0.2) is 0 Å². The third-order valence-electron chi connectivity index (χ3n) is 2.02. The normalized spacial score (nSPS) is 13.9. The fourth-order valence-corrected chi connectivity index (χ4v) is 1.82. The summed E-state index contributed by atoms with van der Waals surface area (Å²) in [4.78, 5) is 4.24. The SMILES string of the molecule is CCC(CCCCCOOO)OS(=O)(=O)O. The lowest BCUT2D eigenvalue weighted by Crippen LogP contribution is -2.17. The molecule has 0 fully saturated rings. The Bertz CT molecular complexity index is 251. The molecule has 0 aliphatic heterocycles. The van der Waals surface area contributed by atoms with Crippen molar-refractivity contribution in [1.82, 2.24) is 0 Å². The van der Waals surface area contributed by atoms with Crippen LogP contribution in [0, 0.1) is 0 Å². The van der Waals surface area contributed by atoms with Crippen molar-refractivity contribution >= 4 is 10.4 Å². The predicted octanol–water partition coefficient (Wildman–Crippen LogP) is 1.57. The molecule has 1 atom stereocenters. The van der Waals surface area contributed by atoms with E-state index >= 15 is 0 Å². The van der Waals surface area contributed by atoms with Crippen LogP contribution in [0.15, 0.2) is 0 Å². The number of hydrogen-bond donors (Lipinski definition) is 2. The molecule has 98 valence electrons. The summed E-state index contributed by atoms with van der Waals surface area (Å²) in [5, 5.41) is 11.3. The first-order chi connectivity index (χ1) is 7.49. The maximum absolute atomic E-state index is 10.4. The van der Waals surface area contributed by atoms with Crippen molar-refractivity contribution in [2.24, 2.45) is 0 Å². The van der Waals surface area contributed by atoms with Gasteiger partial charge in [0, 0.05) is 0 Å². The van der Waals surface area contributed by atoms with Gasteiger partial charge in [-0.05, 0) is 19.3 Å². The molecule has 1 unspecified atom stereocenters. The molecule has 0 spiro atoms. The Morgan fingerprint density at radius 3 is 2.44 bits per heavy atom. The molecule has 0 saturated carbocycles. The van der Waals surface area contributed by atoms with Crippen LogP contribution in [0.4, 0.5) is 0 Å². The Morgan fingerprint density at radius 1 is 1.25 bits per heavy atom. The van der Waals surface area contributed by atoms with E-state index in [2.05, 4.69) is 14.1 Å². The Hall–Kier alpha value is -0.250. The first-order valence-electron chi connectivity index (χ1n) is 5.08. The zero-order valence-corrected chi connectivity index (χ0v) is 9.98. The van der Waals surface area contributed by atoms with Gasteiger partial charge in [0.2, 0.25) is 0 Å². The van der Waals surface area contributed by atoms with Crippen molar-refractivity contribution < 1.29 is 32.3 Å². The van der Waals surface area contributed by atoms with Crippen molar-refractivity contribution in [3.63, 3.8) is 0 Å². The van der Waals surface area contributed by atoms with Gasteiger partial charge in [-0.25, -0.2) is 14.3 Å². The van der Waals surface area contributed by atoms with Gasteiger partial charge in [-0.15, -0.1) is 0 Å². The molecular weight excluding hydrogens is 240 g/mol. The van der Waals surface area contributed by atoms with E-state index in [1.165, 1.54) is 0 Å². The molecule has 0 aromatic rings. The first-order valence-corrected chi connectivity index (χ1v) is 6.44. The van der Waals surface area contributed by atoms with Gasteiger partial charge in [0.05, 0.1) is 12.7 Å². The number of hydrogen-bond acceptors (Lipinski definition) is 6. The number of unbranched alkanes of at least 4 members (excludes halogenated alkanes) is 2. The van der Waals surface area contributed by atoms with Crippen molar-refractivity contribution in [3.05, 3.63) is 0 Å². The lowest BCUT2D eigenvalue weighted by molar-refractivity contribution is -0.490. The molecule has 0 heterocycles. The van der Waals surface area contributed by atoms with Crippen molar-refractivity contribution in [2.45, 2.75) is 45.1 Å². The van der Waals surface area contributed by atoms with Crippen LogP contribution in [0.25, 0.3) is 0 Å². The van der Waals surface area contributed by atoms with E-state index in [0.29, 0.717) is 19.3 Å². The predicted molar refractivity (Wildman–Crippen MR) is 54.8 cm³/mol. The standard InChI is InChI=1S/C8H18O7S/c1-2-8(14-16(10,11)12)6-4-3-5-7-13-15-9/h8-9H,2-7H2,1H3,(H,10,11,12). The lowest BCUT2D eigenvalue weighted by Gasteiger charge is -2.12. The molecule has 8 heteroatoms. The summed E-state index contributed by atoms with van der Waals surface area (Å²) in [5.74, 6) is 0. The van der Waals surface area contributed by atoms with Gasteiger partial charge in [0.1, 0.15) is 0 Å². The van der Waals surface area contributed by atoms with Gasteiger partial charge in [-0.1, -0.05) is 24.8 Å². The first kappa shape index (κ1) is 15.8. The Kier molecular flexibility index (Phi) is 8.71.